The molecular formula is C39H40F3N5O7. The molecule has 1 aromatic carbocycles. The molecule has 12 nitrogen and oxygen atoms in total. The standard InChI is InChI=1S/C39H40F3N5O7/c1-24-16-31(54-22-36(52)45(5)23-39(40,41)42)20-33(49)46(24)37(28-12-10-27(11-13-28)9-8-26-6-7-26)38(29-14-15-43-32(48)18-29)47-25(2)17-30(19-34(47)50)53-21-35(51)44(3)4/h10-20,26,37-38H,6-7,21-23H2,1-5H3,(H,43,48)/t37-,38-/m0/s1. The Balaban J connectivity index is 1.63. The van der Waals surface area contributed by atoms with E-state index in [0.29, 0.717) is 33.3 Å². The van der Waals surface area contributed by atoms with E-state index in [9.17, 15) is 37.5 Å². The van der Waals surface area contributed by atoms with Crippen LogP contribution in [0, 0.1) is 31.6 Å². The summed E-state index contributed by atoms with van der Waals surface area (Å²) in [4.78, 5) is 58.6. The lowest BCUT2D eigenvalue weighted by atomic mass is 9.91. The molecule has 0 aliphatic heterocycles. The summed E-state index contributed by atoms with van der Waals surface area (Å²) in [6, 6.07) is 13.6. The lowest BCUT2D eigenvalue weighted by molar-refractivity contribution is -0.159. The summed E-state index contributed by atoms with van der Waals surface area (Å²) >= 11 is 0. The number of ether oxygens (including phenoxy) is 2. The van der Waals surface area contributed by atoms with Crippen molar-refractivity contribution in [3.8, 4) is 29.2 Å². The second-order valence-corrected chi connectivity index (χ2v) is 13.3. The molecule has 3 aromatic heterocycles. The zero-order valence-corrected chi connectivity index (χ0v) is 30.4. The third-order valence-corrected chi connectivity index (χ3v) is 8.75. The summed E-state index contributed by atoms with van der Waals surface area (Å²) in [5.41, 5.74) is 1.33. The fourth-order valence-corrected chi connectivity index (χ4v) is 5.87. The predicted molar refractivity (Wildman–Crippen MR) is 192 cm³/mol. The Hall–Kier alpha value is -6.04. The first-order chi connectivity index (χ1) is 25.5. The van der Waals surface area contributed by atoms with E-state index in [4.69, 9.17) is 9.47 Å². The van der Waals surface area contributed by atoms with Gasteiger partial charge in [0.05, 0.1) is 12.1 Å². The van der Waals surface area contributed by atoms with E-state index < -0.39 is 48.4 Å². The number of rotatable bonds is 12. The minimum atomic E-state index is -4.60. The molecule has 1 fully saturated rings. The van der Waals surface area contributed by atoms with Crippen LogP contribution in [0.4, 0.5) is 13.2 Å². The molecule has 0 spiro atoms. The summed E-state index contributed by atoms with van der Waals surface area (Å²) in [5.74, 6) is 5.28. The highest BCUT2D eigenvalue weighted by Gasteiger charge is 2.34. The molecule has 1 N–H and O–H groups in total. The number of amides is 2. The smallest absolute Gasteiger partial charge is 0.406 e. The van der Waals surface area contributed by atoms with Crippen LogP contribution < -0.4 is 20.6 Å². The number of hydrogen-bond acceptors (Lipinski definition) is 8. The molecule has 2 atom stereocenters. The number of carbonyl (C=O) groups is 2. The van der Waals surface area contributed by atoms with Crippen molar-refractivity contribution < 1.29 is 37.3 Å². The van der Waals surface area contributed by atoms with Crippen molar-refractivity contribution in [3.63, 3.8) is 0 Å². The van der Waals surface area contributed by atoms with Crippen molar-refractivity contribution in [2.24, 2.45) is 5.92 Å². The fourth-order valence-electron chi connectivity index (χ4n) is 5.87. The van der Waals surface area contributed by atoms with Crippen molar-refractivity contribution >= 4 is 11.8 Å². The van der Waals surface area contributed by atoms with Gasteiger partial charge >= 0.3 is 6.18 Å². The van der Waals surface area contributed by atoms with Gasteiger partial charge in [-0.05, 0) is 68.1 Å². The Morgan fingerprint density at radius 1 is 0.852 bits per heavy atom. The number of nitrogens with zero attached hydrogens (tertiary/aromatic N) is 5. The number of alkyl halides is 3. The van der Waals surface area contributed by atoms with Gasteiger partial charge in [-0.25, -0.2) is 4.98 Å². The molecule has 284 valence electrons. The Morgan fingerprint density at radius 3 is 1.87 bits per heavy atom. The first-order valence-corrected chi connectivity index (χ1v) is 17.0. The first-order valence-electron chi connectivity index (χ1n) is 17.0. The topological polar surface area (TPSA) is 136 Å². The van der Waals surface area contributed by atoms with Gasteiger partial charge in [0, 0.05) is 68.4 Å². The normalized spacial score (nSPS) is 13.6. The van der Waals surface area contributed by atoms with E-state index in [0.717, 1.165) is 31.5 Å². The SMILES string of the molecule is Cc1cc(OCC(=O)N(C)C)cc(=O)n1[C@@H](c1ccnc(O)c1)[C@H](c1ccc(C#CC2CC2)cc1)n1c(C)cc(OCC(=O)N(C)CC(F)(F)F)cc1=O. The molecule has 0 bridgehead atoms. The van der Waals surface area contributed by atoms with Crippen LogP contribution in [0.2, 0.25) is 0 Å². The maximum Gasteiger partial charge on any atom is 0.406 e. The molecule has 15 heteroatoms. The second kappa shape index (κ2) is 16.3. The van der Waals surface area contributed by atoms with Gasteiger partial charge in [-0.15, -0.1) is 0 Å². The molecule has 4 aromatic rings. The second-order valence-electron chi connectivity index (χ2n) is 13.3. The van der Waals surface area contributed by atoms with Gasteiger partial charge in [0.2, 0.25) is 5.88 Å². The highest BCUT2D eigenvalue weighted by atomic mass is 19.4. The van der Waals surface area contributed by atoms with Crippen LogP contribution >= 0.6 is 0 Å². The summed E-state index contributed by atoms with van der Waals surface area (Å²) in [7, 11) is 4.16. The molecule has 5 rings (SSSR count). The zero-order chi connectivity index (χ0) is 39.3. The van der Waals surface area contributed by atoms with Gasteiger partial charge in [-0.2, -0.15) is 13.2 Å². The van der Waals surface area contributed by atoms with Crippen LogP contribution in [0.1, 0.15) is 53.0 Å². The zero-order valence-electron chi connectivity index (χ0n) is 30.4. The largest absolute Gasteiger partial charge is 0.493 e. The molecule has 1 saturated carbocycles. The van der Waals surface area contributed by atoms with Gasteiger partial charge in [0.15, 0.2) is 13.2 Å². The van der Waals surface area contributed by atoms with E-state index in [1.165, 1.54) is 38.4 Å². The first kappa shape index (κ1) is 39.2. The van der Waals surface area contributed by atoms with Crippen molar-refractivity contribution in [2.75, 3.05) is 40.9 Å². The highest BCUT2D eigenvalue weighted by Crippen LogP contribution is 2.38. The van der Waals surface area contributed by atoms with Crippen molar-refractivity contribution in [1.29, 1.82) is 0 Å². The van der Waals surface area contributed by atoms with Crippen LogP contribution in [-0.4, -0.2) is 87.9 Å². The molecule has 0 unspecified atom stereocenters. The Labute approximate surface area is 309 Å². The molecule has 0 radical (unpaired) electrons. The Bertz CT molecular complexity index is 2200. The third-order valence-electron chi connectivity index (χ3n) is 8.75. The van der Waals surface area contributed by atoms with Crippen LogP contribution in [0.15, 0.2) is 76.4 Å². The van der Waals surface area contributed by atoms with Gasteiger partial charge in [-0.3, -0.25) is 19.2 Å². The maximum absolute atomic E-state index is 14.2. The van der Waals surface area contributed by atoms with Crippen LogP contribution in [-0.2, 0) is 9.59 Å². The van der Waals surface area contributed by atoms with Crippen LogP contribution in [0.25, 0.3) is 0 Å². The van der Waals surface area contributed by atoms with Gasteiger partial charge in [-0.1, -0.05) is 24.0 Å². The number of carbonyl (C=O) groups excluding carboxylic acids is 2. The van der Waals surface area contributed by atoms with E-state index in [1.807, 2.05) is 12.1 Å². The van der Waals surface area contributed by atoms with E-state index in [-0.39, 0.29) is 29.9 Å². The minimum absolute atomic E-state index is 0.0489. The Kier molecular flexibility index (Phi) is 11.8. The monoisotopic (exact) mass is 747 g/mol. The number of pyridine rings is 3. The molecule has 54 heavy (non-hydrogen) atoms. The van der Waals surface area contributed by atoms with E-state index in [1.54, 1.807) is 52.2 Å². The number of hydrogen-bond donors (Lipinski definition) is 1. The van der Waals surface area contributed by atoms with Gasteiger partial charge < -0.3 is 33.5 Å². The number of aryl methyl sites for hydroxylation is 2. The lowest BCUT2D eigenvalue weighted by Gasteiger charge is -2.34. The van der Waals surface area contributed by atoms with Crippen molar-refractivity contribution in [3.05, 3.63) is 116 Å². The minimum Gasteiger partial charge on any atom is -0.493 e. The summed E-state index contributed by atoms with van der Waals surface area (Å²) in [6.45, 7) is 0.773. The average molecular weight is 748 g/mol. The number of halogens is 3. The number of aromatic hydroxyl groups is 1. The molecule has 3 heterocycles. The molecule has 2 amide bonds. The predicted octanol–water partition coefficient (Wildman–Crippen LogP) is 4.23. The van der Waals surface area contributed by atoms with Crippen molar-refractivity contribution in [2.45, 2.75) is 44.9 Å². The van der Waals surface area contributed by atoms with E-state index in [2.05, 4.69) is 16.8 Å². The van der Waals surface area contributed by atoms with E-state index >= 15 is 0 Å². The van der Waals surface area contributed by atoms with Gasteiger partial charge in [0.1, 0.15) is 18.0 Å². The highest BCUT2D eigenvalue weighted by molar-refractivity contribution is 5.77. The van der Waals surface area contributed by atoms with Crippen LogP contribution in [0.5, 0.6) is 17.4 Å². The fraction of sp³-hybridized carbons (Fsp3) is 0.359. The summed E-state index contributed by atoms with van der Waals surface area (Å²) in [5, 5.41) is 10.5. The maximum atomic E-state index is 14.2. The molecule has 0 saturated heterocycles. The molecule has 1 aliphatic rings. The number of likely N-dealkylation sites (N-methyl/N-ethyl adjacent to an activating group) is 2. The van der Waals surface area contributed by atoms with Crippen molar-refractivity contribution in [1.82, 2.24) is 23.9 Å². The lowest BCUT2D eigenvalue weighted by Crippen LogP contribution is -2.39. The van der Waals surface area contributed by atoms with Gasteiger partial charge in [0.25, 0.3) is 22.9 Å². The number of benzene rings is 1. The average Bonchev–Trinajstić information content (AvgIpc) is 3.93. The number of aromatic nitrogens is 3. The van der Waals surface area contributed by atoms with Crippen LogP contribution in [0.3, 0.4) is 0 Å². The summed E-state index contributed by atoms with van der Waals surface area (Å²) < 4.78 is 52.5. The quantitative estimate of drug-likeness (QED) is 0.213. The third kappa shape index (κ3) is 9.88. The molecular weight excluding hydrogens is 707 g/mol. The molecule has 1 aliphatic carbocycles. The summed E-state index contributed by atoms with van der Waals surface area (Å²) in [6.07, 6.45) is -1.12. The Morgan fingerprint density at radius 2 is 1.39 bits per heavy atom.